The standard InChI is InChI=1S/C17H20N8OS/c1-2-24-10-15-13(23-24)5-12(27-15)7-20-17-16(18)19-8-14(22-17)11-6-21-25(9-11)3-4-26/h5-6,8-10,26H,2-4,7H2,1H3,(H2,18,19)(H,20,22). The van der Waals surface area contributed by atoms with Crippen LogP contribution in [0.25, 0.3) is 21.5 Å². The van der Waals surface area contributed by atoms with Crippen LogP contribution < -0.4 is 11.1 Å². The van der Waals surface area contributed by atoms with Gasteiger partial charge in [-0.3, -0.25) is 9.36 Å². The van der Waals surface area contributed by atoms with Gasteiger partial charge in [-0.2, -0.15) is 10.2 Å². The summed E-state index contributed by atoms with van der Waals surface area (Å²) in [5.41, 5.74) is 8.47. The zero-order valence-corrected chi connectivity index (χ0v) is 15.6. The van der Waals surface area contributed by atoms with E-state index in [9.17, 15) is 0 Å². The molecule has 140 valence electrons. The van der Waals surface area contributed by atoms with Crippen LogP contribution in [0.4, 0.5) is 11.6 Å². The Kier molecular flexibility index (Phi) is 4.73. The van der Waals surface area contributed by atoms with Gasteiger partial charge in [-0.1, -0.05) is 0 Å². The molecule has 0 saturated carbocycles. The number of anilines is 2. The third kappa shape index (κ3) is 3.62. The van der Waals surface area contributed by atoms with Crippen LogP contribution in [0.3, 0.4) is 0 Å². The van der Waals surface area contributed by atoms with Crippen molar-refractivity contribution in [1.82, 2.24) is 29.5 Å². The van der Waals surface area contributed by atoms with Gasteiger partial charge < -0.3 is 16.2 Å². The van der Waals surface area contributed by atoms with Gasteiger partial charge in [-0.25, -0.2) is 9.97 Å². The smallest absolute Gasteiger partial charge is 0.169 e. The lowest BCUT2D eigenvalue weighted by molar-refractivity contribution is 0.269. The summed E-state index contributed by atoms with van der Waals surface area (Å²) in [5.74, 6) is 0.881. The number of nitrogens with two attached hydrogens (primary N) is 1. The van der Waals surface area contributed by atoms with Crippen LogP contribution in [0.2, 0.25) is 0 Å². The topological polar surface area (TPSA) is 120 Å². The fourth-order valence-electron chi connectivity index (χ4n) is 2.73. The highest BCUT2D eigenvalue weighted by atomic mass is 32.1. The summed E-state index contributed by atoms with van der Waals surface area (Å²) in [6.07, 6.45) is 7.19. The Morgan fingerprint density at radius 2 is 2.15 bits per heavy atom. The van der Waals surface area contributed by atoms with Gasteiger partial charge in [0.15, 0.2) is 11.6 Å². The molecule has 0 aliphatic rings. The van der Waals surface area contributed by atoms with E-state index in [1.165, 1.54) is 0 Å². The van der Waals surface area contributed by atoms with Crippen molar-refractivity contribution in [2.75, 3.05) is 17.7 Å². The van der Waals surface area contributed by atoms with Crippen LogP contribution in [0.15, 0.2) is 30.9 Å². The molecule has 4 aromatic rings. The Morgan fingerprint density at radius 3 is 2.93 bits per heavy atom. The fourth-order valence-corrected chi connectivity index (χ4v) is 3.70. The van der Waals surface area contributed by atoms with E-state index in [4.69, 9.17) is 10.8 Å². The molecular formula is C17H20N8OS. The monoisotopic (exact) mass is 384 g/mol. The molecule has 0 unspecified atom stereocenters. The minimum absolute atomic E-state index is 0.0336. The second kappa shape index (κ2) is 7.33. The number of aromatic nitrogens is 6. The molecule has 0 aromatic carbocycles. The zero-order chi connectivity index (χ0) is 18.8. The number of aryl methyl sites for hydroxylation is 1. The minimum atomic E-state index is 0.0336. The molecule has 0 aliphatic carbocycles. The Labute approximate surface area is 159 Å². The molecule has 27 heavy (non-hydrogen) atoms. The molecular weight excluding hydrogens is 364 g/mol. The highest BCUT2D eigenvalue weighted by molar-refractivity contribution is 7.19. The summed E-state index contributed by atoms with van der Waals surface area (Å²) in [7, 11) is 0. The second-order valence-corrected chi connectivity index (χ2v) is 7.17. The maximum Gasteiger partial charge on any atom is 0.169 e. The van der Waals surface area contributed by atoms with E-state index in [1.54, 1.807) is 28.4 Å². The van der Waals surface area contributed by atoms with E-state index < -0.39 is 0 Å². The van der Waals surface area contributed by atoms with Gasteiger partial charge in [-0.15, -0.1) is 11.3 Å². The third-order valence-electron chi connectivity index (χ3n) is 4.11. The van der Waals surface area contributed by atoms with E-state index in [-0.39, 0.29) is 6.61 Å². The van der Waals surface area contributed by atoms with Crippen LogP contribution in [0.5, 0.6) is 0 Å². The molecule has 0 bridgehead atoms. The number of hydrogen-bond acceptors (Lipinski definition) is 8. The van der Waals surface area contributed by atoms with Gasteiger partial charge in [0.2, 0.25) is 0 Å². The SMILES string of the molecule is CCn1cc2sc(CNc3nc(-c4cnn(CCO)c4)cnc3N)cc2n1. The lowest BCUT2D eigenvalue weighted by Crippen LogP contribution is -2.06. The van der Waals surface area contributed by atoms with Gasteiger partial charge in [-0.05, 0) is 13.0 Å². The first-order valence-electron chi connectivity index (χ1n) is 8.62. The summed E-state index contributed by atoms with van der Waals surface area (Å²) in [4.78, 5) is 9.95. The number of nitrogen functional groups attached to an aromatic ring is 1. The zero-order valence-electron chi connectivity index (χ0n) is 14.8. The molecule has 4 N–H and O–H groups in total. The Balaban J connectivity index is 1.51. The normalized spacial score (nSPS) is 11.3. The molecule has 0 aliphatic heterocycles. The summed E-state index contributed by atoms with van der Waals surface area (Å²) in [6.45, 7) is 4.00. The van der Waals surface area contributed by atoms with Gasteiger partial charge in [0.05, 0.1) is 42.5 Å². The van der Waals surface area contributed by atoms with Crippen molar-refractivity contribution >= 4 is 33.2 Å². The van der Waals surface area contributed by atoms with Gasteiger partial charge in [0, 0.05) is 29.4 Å². The van der Waals surface area contributed by atoms with Crippen molar-refractivity contribution in [3.8, 4) is 11.3 Å². The second-order valence-electron chi connectivity index (χ2n) is 6.01. The molecule has 0 atom stereocenters. The van der Waals surface area contributed by atoms with Crippen LogP contribution in [0, 0.1) is 0 Å². The number of thiophene rings is 1. The van der Waals surface area contributed by atoms with Crippen molar-refractivity contribution in [2.24, 2.45) is 0 Å². The van der Waals surface area contributed by atoms with Gasteiger partial charge in [0.25, 0.3) is 0 Å². The van der Waals surface area contributed by atoms with Crippen molar-refractivity contribution in [3.63, 3.8) is 0 Å². The largest absolute Gasteiger partial charge is 0.394 e. The molecule has 0 fully saturated rings. The van der Waals surface area contributed by atoms with Crippen molar-refractivity contribution in [2.45, 2.75) is 26.6 Å². The molecule has 10 heteroatoms. The highest BCUT2D eigenvalue weighted by Gasteiger charge is 2.10. The molecule has 4 heterocycles. The molecule has 4 aromatic heterocycles. The van der Waals surface area contributed by atoms with Crippen LogP contribution in [-0.4, -0.2) is 41.2 Å². The number of aliphatic hydroxyl groups excluding tert-OH is 1. The molecule has 4 rings (SSSR count). The fraction of sp³-hybridized carbons (Fsp3) is 0.294. The molecule has 0 saturated heterocycles. The van der Waals surface area contributed by atoms with E-state index in [0.717, 1.165) is 27.2 Å². The maximum absolute atomic E-state index is 9.00. The first-order valence-corrected chi connectivity index (χ1v) is 9.44. The highest BCUT2D eigenvalue weighted by Crippen LogP contribution is 2.26. The number of rotatable bonds is 7. The summed E-state index contributed by atoms with van der Waals surface area (Å²) >= 11 is 1.70. The summed E-state index contributed by atoms with van der Waals surface area (Å²) in [6, 6.07) is 2.07. The Morgan fingerprint density at radius 1 is 1.26 bits per heavy atom. The maximum atomic E-state index is 9.00. The van der Waals surface area contributed by atoms with Crippen molar-refractivity contribution < 1.29 is 5.11 Å². The van der Waals surface area contributed by atoms with Crippen LogP contribution >= 0.6 is 11.3 Å². The number of hydrogen-bond donors (Lipinski definition) is 3. The minimum Gasteiger partial charge on any atom is -0.394 e. The van der Waals surface area contributed by atoms with E-state index in [2.05, 4.69) is 44.7 Å². The van der Waals surface area contributed by atoms with E-state index in [0.29, 0.717) is 30.4 Å². The number of nitrogens with one attached hydrogen (secondary N) is 1. The van der Waals surface area contributed by atoms with Gasteiger partial charge in [0.1, 0.15) is 5.52 Å². The lowest BCUT2D eigenvalue weighted by Gasteiger charge is -2.08. The lowest BCUT2D eigenvalue weighted by atomic mass is 10.2. The average Bonchev–Trinajstić information content (AvgIpc) is 3.36. The summed E-state index contributed by atoms with van der Waals surface area (Å²) < 4.78 is 4.76. The molecule has 0 spiro atoms. The van der Waals surface area contributed by atoms with E-state index >= 15 is 0 Å². The van der Waals surface area contributed by atoms with E-state index in [1.807, 2.05) is 10.9 Å². The summed E-state index contributed by atoms with van der Waals surface area (Å²) in [5, 5.41) is 21.0. The third-order valence-corrected chi connectivity index (χ3v) is 5.17. The number of fused-ring (bicyclic) bond motifs is 1. The average molecular weight is 384 g/mol. The van der Waals surface area contributed by atoms with Crippen LogP contribution in [0.1, 0.15) is 11.8 Å². The number of nitrogens with zero attached hydrogens (tertiary/aromatic N) is 6. The van der Waals surface area contributed by atoms with Crippen LogP contribution in [-0.2, 0) is 19.6 Å². The Bertz CT molecular complexity index is 1030. The molecule has 9 nitrogen and oxygen atoms in total. The number of aliphatic hydroxyl groups is 1. The predicted octanol–water partition coefficient (Wildman–Crippen LogP) is 1.96. The molecule has 0 amide bonds. The first-order chi connectivity index (χ1) is 13.2. The van der Waals surface area contributed by atoms with Gasteiger partial charge >= 0.3 is 0 Å². The Hall–Kier alpha value is -2.98. The van der Waals surface area contributed by atoms with Crippen molar-refractivity contribution in [1.29, 1.82) is 0 Å². The predicted molar refractivity (Wildman–Crippen MR) is 105 cm³/mol. The quantitative estimate of drug-likeness (QED) is 0.445. The van der Waals surface area contributed by atoms with Crippen molar-refractivity contribution in [3.05, 3.63) is 35.7 Å². The molecule has 0 radical (unpaired) electrons. The first kappa shape index (κ1) is 17.4.